The minimum Gasteiger partial charge on any atom is -0.472 e. The Kier molecular flexibility index (Phi) is 9.61. The molecule has 296 valence electrons. The van der Waals surface area contributed by atoms with Crippen LogP contribution in [-0.4, -0.2) is 107 Å². The summed E-state index contributed by atoms with van der Waals surface area (Å²) in [4.78, 5) is 63.7. The zero-order chi connectivity index (χ0) is 39.7. The Labute approximate surface area is 320 Å². The summed E-state index contributed by atoms with van der Waals surface area (Å²) < 4.78 is 35.9. The molecular weight excluding hydrogens is 729 g/mol. The molecular formula is C38H50N8O8S. The van der Waals surface area contributed by atoms with Gasteiger partial charge in [0.1, 0.15) is 30.1 Å². The van der Waals surface area contributed by atoms with Crippen molar-refractivity contribution in [1.82, 2.24) is 39.4 Å². The predicted octanol–water partition coefficient (Wildman–Crippen LogP) is 3.66. The van der Waals surface area contributed by atoms with Gasteiger partial charge in [-0.15, -0.1) is 10.2 Å². The van der Waals surface area contributed by atoms with Crippen molar-refractivity contribution in [3.05, 3.63) is 42.7 Å². The third-order valence-corrected chi connectivity index (χ3v) is 14.0. The van der Waals surface area contributed by atoms with Gasteiger partial charge in [0.25, 0.3) is 11.7 Å². The van der Waals surface area contributed by atoms with Gasteiger partial charge >= 0.3 is 6.09 Å². The molecule has 2 saturated carbocycles. The number of carboxylic acid groups (broad SMARTS) is 1. The molecule has 4 heterocycles. The lowest BCUT2D eigenvalue weighted by atomic mass is 9.85. The predicted molar refractivity (Wildman–Crippen MR) is 201 cm³/mol. The highest BCUT2D eigenvalue weighted by atomic mass is 32.2. The minimum atomic E-state index is -4.02. The molecule has 2 aliphatic carbocycles. The quantitative estimate of drug-likeness (QED) is 0.308. The third kappa shape index (κ3) is 7.11. The topological polar surface area (TPSA) is 206 Å². The standard InChI is InChI=1S/C38H50N8O8S/c1-22-11-7-8-12-24-19-38(24,33(49)43-55(52,53)37(6)15-16-37)41-30(47)28-18-25(54-31-26-13-9-10-14-27(26)45-21-39-42-34(45)40-31)20-44(28)32(48)29(23(2)17-22)46(35(50)51)36(3,4)5/h8-10,12-14,21-25,28-29H,7,11,15-20H2,1-6H3,(H,41,47)(H,43,49)(H,50,51)/t22-,23-,24-,25-,28+,29+,38-/m1/s1. The van der Waals surface area contributed by atoms with Crippen LogP contribution in [0.5, 0.6) is 5.88 Å². The van der Waals surface area contributed by atoms with Gasteiger partial charge in [-0.05, 0) is 90.2 Å². The number of amides is 4. The number of fused-ring (bicyclic) bond motifs is 5. The Bertz CT molecular complexity index is 2180. The monoisotopic (exact) mass is 778 g/mol. The summed E-state index contributed by atoms with van der Waals surface area (Å²) in [5, 5.41) is 22.2. The third-order valence-electron chi connectivity index (χ3n) is 11.8. The van der Waals surface area contributed by atoms with Crippen LogP contribution in [0.3, 0.4) is 0 Å². The number of aromatic nitrogens is 4. The fraction of sp³-hybridized carbons (Fsp3) is 0.605. The summed E-state index contributed by atoms with van der Waals surface area (Å²) in [5.74, 6) is -2.35. The first kappa shape index (κ1) is 38.5. The van der Waals surface area contributed by atoms with Crippen LogP contribution in [0.1, 0.15) is 86.5 Å². The number of carbonyl (C=O) groups excluding carboxylic acids is 3. The summed E-state index contributed by atoms with van der Waals surface area (Å²) in [6.07, 6.45) is 6.22. The van der Waals surface area contributed by atoms with Gasteiger partial charge < -0.3 is 20.1 Å². The first-order valence-electron chi connectivity index (χ1n) is 19.0. The molecule has 0 unspecified atom stereocenters. The van der Waals surface area contributed by atoms with Gasteiger partial charge in [-0.3, -0.25) is 28.4 Å². The first-order valence-corrected chi connectivity index (χ1v) is 20.5. The number of carbonyl (C=O) groups is 4. The maximum absolute atomic E-state index is 15.1. The molecule has 1 saturated heterocycles. The fourth-order valence-electron chi connectivity index (χ4n) is 8.30. The number of hydrogen-bond acceptors (Lipinski definition) is 10. The molecule has 4 amide bonds. The van der Waals surface area contributed by atoms with Crippen LogP contribution >= 0.6 is 0 Å². The van der Waals surface area contributed by atoms with Crippen LogP contribution < -0.4 is 14.8 Å². The van der Waals surface area contributed by atoms with Crippen molar-refractivity contribution in [2.45, 2.75) is 121 Å². The summed E-state index contributed by atoms with van der Waals surface area (Å²) in [6, 6.07) is 5.03. The van der Waals surface area contributed by atoms with Crippen LogP contribution in [-0.2, 0) is 24.4 Å². The van der Waals surface area contributed by atoms with E-state index in [0.29, 0.717) is 31.1 Å². The number of sulfonamides is 1. The average Bonchev–Trinajstić information content (AvgIpc) is 3.89. The Balaban J connectivity index is 1.28. The molecule has 2 aliphatic heterocycles. The summed E-state index contributed by atoms with van der Waals surface area (Å²) in [5.41, 5.74) is -1.81. The molecule has 3 N–H and O–H groups in total. The molecule has 7 rings (SSSR count). The van der Waals surface area contributed by atoms with Crippen molar-refractivity contribution in [2.24, 2.45) is 17.8 Å². The maximum Gasteiger partial charge on any atom is 0.408 e. The smallest absolute Gasteiger partial charge is 0.408 e. The van der Waals surface area contributed by atoms with Gasteiger partial charge in [0, 0.05) is 17.9 Å². The maximum atomic E-state index is 15.1. The van der Waals surface area contributed by atoms with Gasteiger partial charge in [-0.1, -0.05) is 38.1 Å². The second kappa shape index (κ2) is 13.7. The number of benzene rings is 1. The lowest BCUT2D eigenvalue weighted by Gasteiger charge is -2.43. The van der Waals surface area contributed by atoms with Crippen LogP contribution in [0, 0.1) is 17.8 Å². The minimum absolute atomic E-state index is 0.0138. The molecule has 4 aliphatic rings. The van der Waals surface area contributed by atoms with Crippen molar-refractivity contribution < 1.29 is 37.4 Å². The van der Waals surface area contributed by atoms with E-state index in [9.17, 15) is 27.9 Å². The Morgan fingerprint density at radius 3 is 2.55 bits per heavy atom. The van der Waals surface area contributed by atoms with Crippen LogP contribution in [0.15, 0.2) is 42.7 Å². The van der Waals surface area contributed by atoms with Gasteiger partial charge in [-0.2, -0.15) is 4.98 Å². The van der Waals surface area contributed by atoms with E-state index < -0.39 is 79.7 Å². The number of nitrogens with one attached hydrogen (secondary N) is 2. The molecule has 1 aromatic carbocycles. The number of hydrogen-bond donors (Lipinski definition) is 3. The molecule has 0 bridgehead atoms. The van der Waals surface area contributed by atoms with Gasteiger partial charge in [-0.25, -0.2) is 13.2 Å². The van der Waals surface area contributed by atoms with Gasteiger partial charge in [0.2, 0.25) is 27.7 Å². The highest BCUT2D eigenvalue weighted by Gasteiger charge is 2.63. The second-order valence-corrected chi connectivity index (χ2v) is 19.4. The highest BCUT2D eigenvalue weighted by Crippen LogP contribution is 2.48. The van der Waals surface area contributed by atoms with E-state index in [1.54, 1.807) is 32.1 Å². The van der Waals surface area contributed by atoms with Gasteiger partial charge in [0.15, 0.2) is 0 Å². The summed E-state index contributed by atoms with van der Waals surface area (Å²) >= 11 is 0. The molecule has 17 heteroatoms. The number of nitrogens with zero attached hydrogens (tertiary/aromatic N) is 6. The van der Waals surface area contributed by atoms with E-state index in [-0.39, 0.29) is 37.0 Å². The number of para-hydroxylation sites is 1. The molecule has 3 aromatic rings. The van der Waals surface area contributed by atoms with E-state index in [1.807, 2.05) is 43.3 Å². The number of ether oxygens (including phenoxy) is 1. The normalized spacial score (nSPS) is 29.7. The Morgan fingerprint density at radius 1 is 1.13 bits per heavy atom. The van der Waals surface area contributed by atoms with Crippen LogP contribution in [0.25, 0.3) is 16.7 Å². The Morgan fingerprint density at radius 2 is 1.85 bits per heavy atom. The van der Waals surface area contributed by atoms with Crippen LogP contribution in [0.4, 0.5) is 4.79 Å². The number of rotatable bonds is 6. The highest BCUT2D eigenvalue weighted by molar-refractivity contribution is 7.91. The first-order chi connectivity index (χ1) is 25.8. The average molecular weight is 779 g/mol. The second-order valence-electron chi connectivity index (χ2n) is 17.2. The fourth-order valence-corrected chi connectivity index (χ4v) is 9.62. The zero-order valence-electron chi connectivity index (χ0n) is 32.1. The Hall–Kier alpha value is -4.80. The van der Waals surface area contributed by atoms with Crippen LogP contribution in [0.2, 0.25) is 0 Å². The van der Waals surface area contributed by atoms with E-state index in [0.717, 1.165) is 11.9 Å². The largest absolute Gasteiger partial charge is 0.472 e. The molecule has 16 nitrogen and oxygen atoms in total. The van der Waals surface area contributed by atoms with E-state index in [4.69, 9.17) is 4.74 Å². The zero-order valence-corrected chi connectivity index (χ0v) is 32.9. The SMILES string of the molecule is C[C@@H]1CCC=C[C@@H]2C[C@@]2(C(=O)NS(=O)(=O)C2(C)CC2)NC(=O)[C@@H]2C[C@@H](Oc3nc4nncn4c4ccccc34)CN2C(=O)[C@@H](N(C(=O)O)C(C)(C)C)[C@H](C)C1. The molecule has 55 heavy (non-hydrogen) atoms. The van der Waals surface area contributed by atoms with Crippen molar-refractivity contribution in [3.63, 3.8) is 0 Å². The van der Waals surface area contributed by atoms with E-state index >= 15 is 4.79 Å². The van der Waals surface area contributed by atoms with Crippen molar-refractivity contribution in [1.29, 1.82) is 0 Å². The molecule has 0 spiro atoms. The number of allylic oxidation sites excluding steroid dienone is 1. The van der Waals surface area contributed by atoms with E-state index in [2.05, 4.69) is 32.1 Å². The molecule has 7 atom stereocenters. The van der Waals surface area contributed by atoms with Crippen molar-refractivity contribution >= 4 is 50.5 Å². The van der Waals surface area contributed by atoms with E-state index in [1.165, 1.54) is 16.1 Å². The summed E-state index contributed by atoms with van der Waals surface area (Å²) in [6.45, 7) is 10.6. The van der Waals surface area contributed by atoms with Gasteiger partial charge in [0.05, 0.1) is 22.2 Å². The lowest BCUT2D eigenvalue weighted by Crippen LogP contribution is -2.62. The molecule has 0 radical (unpaired) electrons. The summed E-state index contributed by atoms with van der Waals surface area (Å²) in [7, 11) is -4.02. The molecule has 2 aromatic heterocycles. The van der Waals surface area contributed by atoms with Crippen molar-refractivity contribution in [3.8, 4) is 5.88 Å². The lowest BCUT2D eigenvalue weighted by molar-refractivity contribution is -0.146. The molecule has 3 fully saturated rings. The van der Waals surface area contributed by atoms with Crippen molar-refractivity contribution in [2.75, 3.05) is 6.54 Å².